The molecular weight excluding hydrogens is 188 g/mol. The SMILES string of the molecule is CCC(CC)(CN)CNc1cnccn1. The molecule has 3 N–H and O–H groups in total. The summed E-state index contributed by atoms with van der Waals surface area (Å²) in [6, 6.07) is 0. The van der Waals surface area contributed by atoms with Crippen LogP contribution in [0.15, 0.2) is 18.6 Å². The van der Waals surface area contributed by atoms with Crippen molar-refractivity contribution in [2.45, 2.75) is 26.7 Å². The Morgan fingerprint density at radius 2 is 2.07 bits per heavy atom. The van der Waals surface area contributed by atoms with Crippen molar-refractivity contribution in [2.75, 3.05) is 18.4 Å². The van der Waals surface area contributed by atoms with Crippen LogP contribution >= 0.6 is 0 Å². The molecule has 1 aromatic heterocycles. The van der Waals surface area contributed by atoms with Crippen LogP contribution < -0.4 is 11.1 Å². The molecule has 0 aromatic carbocycles. The van der Waals surface area contributed by atoms with Gasteiger partial charge >= 0.3 is 0 Å². The average molecular weight is 208 g/mol. The molecule has 15 heavy (non-hydrogen) atoms. The van der Waals surface area contributed by atoms with Crippen LogP contribution in [-0.2, 0) is 0 Å². The monoisotopic (exact) mass is 208 g/mol. The summed E-state index contributed by atoms with van der Waals surface area (Å²) in [5.41, 5.74) is 6.00. The Balaban J connectivity index is 2.54. The molecule has 0 saturated heterocycles. The average Bonchev–Trinajstić information content (AvgIpc) is 2.33. The second kappa shape index (κ2) is 5.66. The molecule has 0 radical (unpaired) electrons. The van der Waals surface area contributed by atoms with E-state index in [0.29, 0.717) is 6.54 Å². The van der Waals surface area contributed by atoms with Gasteiger partial charge in [-0.25, -0.2) is 4.98 Å². The zero-order chi connectivity index (χ0) is 11.1. The standard InChI is InChI=1S/C11H20N4/c1-3-11(4-2,8-12)9-15-10-7-13-5-6-14-10/h5-7H,3-4,8-9,12H2,1-2H3,(H,14,15). The second-order valence-electron chi connectivity index (χ2n) is 3.86. The largest absolute Gasteiger partial charge is 0.368 e. The summed E-state index contributed by atoms with van der Waals surface area (Å²) in [5.74, 6) is 0.817. The molecule has 4 nitrogen and oxygen atoms in total. The number of hydrogen-bond acceptors (Lipinski definition) is 4. The third-order valence-corrected chi connectivity index (χ3v) is 3.14. The van der Waals surface area contributed by atoms with Gasteiger partial charge in [-0.05, 0) is 24.8 Å². The van der Waals surface area contributed by atoms with Gasteiger partial charge in [0.25, 0.3) is 0 Å². The fourth-order valence-electron chi connectivity index (χ4n) is 1.53. The first-order valence-electron chi connectivity index (χ1n) is 5.46. The molecule has 1 heterocycles. The van der Waals surface area contributed by atoms with E-state index in [2.05, 4.69) is 29.1 Å². The normalized spacial score (nSPS) is 11.4. The topological polar surface area (TPSA) is 63.8 Å². The number of anilines is 1. The fourth-order valence-corrected chi connectivity index (χ4v) is 1.53. The molecule has 1 aromatic rings. The van der Waals surface area contributed by atoms with Crippen molar-refractivity contribution in [1.82, 2.24) is 9.97 Å². The quantitative estimate of drug-likeness (QED) is 0.746. The lowest BCUT2D eigenvalue weighted by Crippen LogP contribution is -2.36. The van der Waals surface area contributed by atoms with Crippen LogP contribution in [0.5, 0.6) is 0 Å². The highest BCUT2D eigenvalue weighted by atomic mass is 15.0. The van der Waals surface area contributed by atoms with Gasteiger partial charge in [-0.2, -0.15) is 0 Å². The minimum Gasteiger partial charge on any atom is -0.368 e. The van der Waals surface area contributed by atoms with E-state index in [1.807, 2.05) is 0 Å². The van der Waals surface area contributed by atoms with Gasteiger partial charge in [0.1, 0.15) is 5.82 Å². The van der Waals surface area contributed by atoms with Crippen LogP contribution in [0.3, 0.4) is 0 Å². The Morgan fingerprint density at radius 1 is 1.33 bits per heavy atom. The lowest BCUT2D eigenvalue weighted by atomic mass is 9.82. The molecule has 0 spiro atoms. The van der Waals surface area contributed by atoms with Crippen molar-refractivity contribution < 1.29 is 0 Å². The summed E-state index contributed by atoms with van der Waals surface area (Å²) >= 11 is 0. The molecule has 0 fully saturated rings. The van der Waals surface area contributed by atoms with Gasteiger partial charge < -0.3 is 11.1 Å². The molecule has 0 atom stereocenters. The Labute approximate surface area is 91.3 Å². The highest BCUT2D eigenvalue weighted by Crippen LogP contribution is 2.24. The van der Waals surface area contributed by atoms with Gasteiger partial charge in [-0.3, -0.25) is 4.98 Å². The molecule has 0 aliphatic carbocycles. The molecular formula is C11H20N4. The lowest BCUT2D eigenvalue weighted by molar-refractivity contribution is 0.294. The molecule has 0 aliphatic heterocycles. The van der Waals surface area contributed by atoms with Crippen molar-refractivity contribution in [3.8, 4) is 0 Å². The van der Waals surface area contributed by atoms with E-state index in [4.69, 9.17) is 5.73 Å². The maximum atomic E-state index is 5.82. The van der Waals surface area contributed by atoms with Crippen molar-refractivity contribution in [2.24, 2.45) is 11.1 Å². The van der Waals surface area contributed by atoms with E-state index in [9.17, 15) is 0 Å². The number of aromatic nitrogens is 2. The Bertz CT molecular complexity index is 261. The van der Waals surface area contributed by atoms with Gasteiger partial charge in [0.05, 0.1) is 6.20 Å². The third-order valence-electron chi connectivity index (χ3n) is 3.14. The predicted molar refractivity (Wildman–Crippen MR) is 62.6 cm³/mol. The van der Waals surface area contributed by atoms with E-state index in [1.165, 1.54) is 0 Å². The summed E-state index contributed by atoms with van der Waals surface area (Å²) in [4.78, 5) is 8.18. The molecule has 0 amide bonds. The van der Waals surface area contributed by atoms with E-state index >= 15 is 0 Å². The Morgan fingerprint density at radius 3 is 2.53 bits per heavy atom. The van der Waals surface area contributed by atoms with E-state index < -0.39 is 0 Å². The Kier molecular flexibility index (Phi) is 4.49. The van der Waals surface area contributed by atoms with Crippen molar-refractivity contribution in [3.63, 3.8) is 0 Å². The lowest BCUT2D eigenvalue weighted by Gasteiger charge is -2.30. The predicted octanol–water partition coefficient (Wildman–Crippen LogP) is 1.65. The summed E-state index contributed by atoms with van der Waals surface area (Å²) < 4.78 is 0. The van der Waals surface area contributed by atoms with Crippen LogP contribution in [-0.4, -0.2) is 23.1 Å². The van der Waals surface area contributed by atoms with Crippen LogP contribution in [0, 0.1) is 5.41 Å². The summed E-state index contributed by atoms with van der Waals surface area (Å²) in [6.45, 7) is 5.91. The van der Waals surface area contributed by atoms with Crippen LogP contribution in [0.25, 0.3) is 0 Å². The number of nitrogens with zero attached hydrogens (tertiary/aromatic N) is 2. The zero-order valence-electron chi connectivity index (χ0n) is 9.53. The molecule has 1 rings (SSSR count). The van der Waals surface area contributed by atoms with Crippen molar-refractivity contribution in [1.29, 1.82) is 0 Å². The summed E-state index contributed by atoms with van der Waals surface area (Å²) in [5, 5.41) is 3.28. The summed E-state index contributed by atoms with van der Waals surface area (Å²) in [6.07, 6.45) is 7.23. The first-order valence-corrected chi connectivity index (χ1v) is 5.46. The minimum atomic E-state index is 0.178. The molecule has 0 aliphatic rings. The van der Waals surface area contributed by atoms with Gasteiger partial charge in [0, 0.05) is 18.9 Å². The summed E-state index contributed by atoms with van der Waals surface area (Å²) in [7, 11) is 0. The molecule has 0 saturated carbocycles. The van der Waals surface area contributed by atoms with Gasteiger partial charge in [-0.1, -0.05) is 13.8 Å². The number of hydrogen-bond donors (Lipinski definition) is 2. The Hall–Kier alpha value is -1.16. The smallest absolute Gasteiger partial charge is 0.144 e. The zero-order valence-corrected chi connectivity index (χ0v) is 9.53. The van der Waals surface area contributed by atoms with Crippen LogP contribution in [0.4, 0.5) is 5.82 Å². The van der Waals surface area contributed by atoms with E-state index in [1.54, 1.807) is 18.6 Å². The minimum absolute atomic E-state index is 0.178. The second-order valence-corrected chi connectivity index (χ2v) is 3.86. The maximum absolute atomic E-state index is 5.82. The van der Waals surface area contributed by atoms with Gasteiger partial charge in [-0.15, -0.1) is 0 Å². The molecule has 0 bridgehead atoms. The first-order chi connectivity index (χ1) is 7.26. The highest BCUT2D eigenvalue weighted by Gasteiger charge is 2.23. The van der Waals surface area contributed by atoms with Crippen LogP contribution in [0.2, 0.25) is 0 Å². The first kappa shape index (κ1) is 11.9. The van der Waals surface area contributed by atoms with Crippen LogP contribution in [0.1, 0.15) is 26.7 Å². The van der Waals surface area contributed by atoms with E-state index in [0.717, 1.165) is 25.2 Å². The number of nitrogens with two attached hydrogens (primary N) is 1. The fraction of sp³-hybridized carbons (Fsp3) is 0.636. The molecule has 84 valence electrons. The number of nitrogens with one attached hydrogen (secondary N) is 1. The van der Waals surface area contributed by atoms with Crippen molar-refractivity contribution >= 4 is 5.82 Å². The molecule has 0 unspecified atom stereocenters. The van der Waals surface area contributed by atoms with Gasteiger partial charge in [0.15, 0.2) is 0 Å². The van der Waals surface area contributed by atoms with Gasteiger partial charge in [0.2, 0.25) is 0 Å². The number of rotatable bonds is 6. The molecule has 4 heteroatoms. The highest BCUT2D eigenvalue weighted by molar-refractivity contribution is 5.30. The van der Waals surface area contributed by atoms with E-state index in [-0.39, 0.29) is 5.41 Å². The maximum Gasteiger partial charge on any atom is 0.144 e. The third kappa shape index (κ3) is 3.16. The van der Waals surface area contributed by atoms with Crippen molar-refractivity contribution in [3.05, 3.63) is 18.6 Å².